The summed E-state index contributed by atoms with van der Waals surface area (Å²) in [5.74, 6) is -0.671. The van der Waals surface area contributed by atoms with Gasteiger partial charge in [-0.3, -0.25) is 14.4 Å². The Balaban J connectivity index is 1.58. The Labute approximate surface area is 258 Å². The molecule has 0 spiro atoms. The summed E-state index contributed by atoms with van der Waals surface area (Å²) in [7, 11) is 1.40. The van der Waals surface area contributed by atoms with Crippen LogP contribution in [-0.2, 0) is 42.8 Å². The molecule has 1 saturated carbocycles. The van der Waals surface area contributed by atoms with Crippen LogP contribution in [0.15, 0.2) is 24.3 Å². The van der Waals surface area contributed by atoms with Crippen molar-refractivity contribution in [2.24, 2.45) is 17.8 Å². The number of hydrogen-bond donors (Lipinski definition) is 0. The van der Waals surface area contributed by atoms with E-state index in [1.165, 1.54) is 14.0 Å². The number of unbranched alkanes of at least 4 members (excludes halogenated alkanes) is 2. The third-order valence-corrected chi connectivity index (χ3v) is 8.64. The van der Waals surface area contributed by atoms with E-state index < -0.39 is 0 Å². The topological polar surface area (TPSA) is 107 Å². The van der Waals surface area contributed by atoms with Crippen molar-refractivity contribution >= 4 is 17.7 Å². The summed E-state index contributed by atoms with van der Waals surface area (Å²) in [6, 6.07) is 0. The Bertz CT molecular complexity index is 888. The van der Waals surface area contributed by atoms with Gasteiger partial charge >= 0.3 is 11.9 Å². The van der Waals surface area contributed by atoms with Gasteiger partial charge in [-0.15, -0.1) is 0 Å². The van der Waals surface area contributed by atoms with Crippen molar-refractivity contribution < 1.29 is 42.8 Å². The molecule has 0 aromatic heterocycles. The minimum atomic E-state index is -0.321. The van der Waals surface area contributed by atoms with Crippen LogP contribution in [0.3, 0.4) is 0 Å². The molecule has 7 atom stereocenters. The molecule has 1 aliphatic carbocycles. The highest BCUT2D eigenvalue weighted by atomic mass is 16.7. The Hall–Kier alpha value is -2.07. The van der Waals surface area contributed by atoms with Gasteiger partial charge in [-0.25, -0.2) is 0 Å². The van der Waals surface area contributed by atoms with Gasteiger partial charge in [-0.1, -0.05) is 31.6 Å². The highest BCUT2D eigenvalue weighted by molar-refractivity contribution is 5.91. The van der Waals surface area contributed by atoms with Gasteiger partial charge in [-0.2, -0.15) is 0 Å². The lowest BCUT2D eigenvalue weighted by atomic mass is 9.88. The van der Waals surface area contributed by atoms with Gasteiger partial charge in [0.15, 0.2) is 18.4 Å². The van der Waals surface area contributed by atoms with E-state index in [0.717, 1.165) is 70.8 Å². The second kappa shape index (κ2) is 20.1. The Morgan fingerprint density at radius 2 is 1.67 bits per heavy atom. The quantitative estimate of drug-likeness (QED) is 0.0777. The number of carbonyl (C=O) groups excluding carboxylic acids is 3. The van der Waals surface area contributed by atoms with Crippen LogP contribution in [-0.4, -0.2) is 69.4 Å². The zero-order valence-corrected chi connectivity index (χ0v) is 26.5. The van der Waals surface area contributed by atoms with Crippen molar-refractivity contribution in [1.29, 1.82) is 0 Å². The number of ether oxygens (including phenoxy) is 6. The molecule has 2 heterocycles. The van der Waals surface area contributed by atoms with Crippen molar-refractivity contribution in [3.8, 4) is 0 Å². The lowest BCUT2D eigenvalue weighted by Crippen LogP contribution is -2.30. The van der Waals surface area contributed by atoms with Gasteiger partial charge < -0.3 is 28.4 Å². The summed E-state index contributed by atoms with van der Waals surface area (Å²) in [6.07, 6.45) is 18.8. The summed E-state index contributed by atoms with van der Waals surface area (Å²) in [5, 5.41) is 0. The molecular weight excluding hydrogens is 552 g/mol. The number of allylic oxidation sites excluding steroid dienone is 3. The highest BCUT2D eigenvalue weighted by Crippen LogP contribution is 2.41. The maximum Gasteiger partial charge on any atom is 0.305 e. The molecule has 0 aromatic carbocycles. The first-order valence-electron chi connectivity index (χ1n) is 16.5. The second-order valence-corrected chi connectivity index (χ2v) is 12.1. The Morgan fingerprint density at radius 1 is 0.930 bits per heavy atom. The number of rotatable bonds is 18. The first-order chi connectivity index (χ1) is 20.9. The summed E-state index contributed by atoms with van der Waals surface area (Å²) in [6.45, 7) is 5.52. The number of hydrogen-bond acceptors (Lipinski definition) is 9. The van der Waals surface area contributed by atoms with E-state index in [-0.39, 0.29) is 60.3 Å². The van der Waals surface area contributed by atoms with Crippen LogP contribution < -0.4 is 0 Å². The SMILES string of the molecule is COC(=O)CCC/C=C\C[C@@H]1[C@@H](/C=C/C(=O)C(C)CCCCOC2CCCCO2)[C@H](OC2CCCCO2)C[C@@H]1OC(C)=O. The van der Waals surface area contributed by atoms with Gasteiger partial charge in [0, 0.05) is 57.3 Å². The van der Waals surface area contributed by atoms with Crippen LogP contribution in [0, 0.1) is 17.8 Å². The highest BCUT2D eigenvalue weighted by Gasteiger charge is 2.45. The molecule has 0 aromatic rings. The Kier molecular flexibility index (Phi) is 16.5. The Morgan fingerprint density at radius 3 is 2.35 bits per heavy atom. The fourth-order valence-electron chi connectivity index (χ4n) is 6.13. The van der Waals surface area contributed by atoms with E-state index >= 15 is 0 Å². The van der Waals surface area contributed by atoms with Crippen LogP contribution in [0.1, 0.15) is 104 Å². The van der Waals surface area contributed by atoms with Crippen LogP contribution in [0.2, 0.25) is 0 Å². The summed E-state index contributed by atoms with van der Waals surface area (Å²) >= 11 is 0. The minimum Gasteiger partial charge on any atom is -0.469 e. The monoisotopic (exact) mass is 606 g/mol. The van der Waals surface area contributed by atoms with Gasteiger partial charge in [0.1, 0.15) is 6.10 Å². The van der Waals surface area contributed by atoms with Crippen molar-refractivity contribution in [2.75, 3.05) is 26.9 Å². The zero-order chi connectivity index (χ0) is 30.9. The van der Waals surface area contributed by atoms with E-state index in [9.17, 15) is 14.4 Å². The lowest BCUT2D eigenvalue weighted by molar-refractivity contribution is -0.193. The number of ketones is 1. The first kappa shape index (κ1) is 35.4. The third kappa shape index (κ3) is 13.2. The van der Waals surface area contributed by atoms with E-state index in [4.69, 9.17) is 28.4 Å². The van der Waals surface area contributed by atoms with Crippen molar-refractivity contribution in [3.63, 3.8) is 0 Å². The van der Waals surface area contributed by atoms with Crippen molar-refractivity contribution in [2.45, 2.75) is 129 Å². The normalized spacial score (nSPS) is 28.7. The maximum atomic E-state index is 13.1. The standard InChI is InChI=1S/C34H54O9/c1-25(14-8-11-21-39-33-17-9-12-22-40-33)29(36)20-19-28-27(15-6-4-5-7-16-32(37)38-3)30(42-26(2)35)24-31(28)43-34-18-10-13-23-41-34/h4,6,19-20,25,27-28,30-31,33-34H,5,7-18,21-24H2,1-3H3/b6-4-,20-19+/t25?,27-,28-,30+,31-,33?,34?/m1/s1. The first-order valence-corrected chi connectivity index (χ1v) is 16.5. The zero-order valence-electron chi connectivity index (χ0n) is 26.5. The molecule has 9 heteroatoms. The molecule has 3 unspecified atom stereocenters. The molecule has 2 aliphatic heterocycles. The summed E-state index contributed by atoms with van der Waals surface area (Å²) in [4.78, 5) is 36.6. The smallest absolute Gasteiger partial charge is 0.305 e. The second-order valence-electron chi connectivity index (χ2n) is 12.1. The third-order valence-electron chi connectivity index (χ3n) is 8.64. The molecular formula is C34H54O9. The molecule has 0 radical (unpaired) electrons. The predicted molar refractivity (Wildman–Crippen MR) is 162 cm³/mol. The molecule has 2 saturated heterocycles. The summed E-state index contributed by atoms with van der Waals surface area (Å²) < 4.78 is 34.3. The van der Waals surface area contributed by atoms with Crippen LogP contribution in [0.25, 0.3) is 0 Å². The van der Waals surface area contributed by atoms with E-state index in [1.54, 1.807) is 6.08 Å². The average molecular weight is 607 g/mol. The molecule has 9 nitrogen and oxygen atoms in total. The van der Waals surface area contributed by atoms with Crippen LogP contribution in [0.4, 0.5) is 0 Å². The number of methoxy groups -OCH3 is 1. The predicted octanol–water partition coefficient (Wildman–Crippen LogP) is 6.23. The molecule has 3 fully saturated rings. The fraction of sp³-hybridized carbons (Fsp3) is 0.794. The number of esters is 2. The molecule has 3 rings (SSSR count). The molecule has 3 aliphatic rings. The summed E-state index contributed by atoms with van der Waals surface area (Å²) in [5.41, 5.74) is 0. The van der Waals surface area contributed by atoms with Gasteiger partial charge in [-0.05, 0) is 76.7 Å². The van der Waals surface area contributed by atoms with E-state index in [1.807, 2.05) is 13.0 Å². The van der Waals surface area contributed by atoms with Crippen LogP contribution >= 0.6 is 0 Å². The number of carbonyl (C=O) groups is 3. The van der Waals surface area contributed by atoms with Crippen LogP contribution in [0.5, 0.6) is 0 Å². The minimum absolute atomic E-state index is 0.0344. The molecule has 0 amide bonds. The molecule has 0 N–H and O–H groups in total. The van der Waals surface area contributed by atoms with E-state index in [2.05, 4.69) is 12.2 Å². The van der Waals surface area contributed by atoms with Gasteiger partial charge in [0.25, 0.3) is 0 Å². The molecule has 0 bridgehead atoms. The molecule has 244 valence electrons. The largest absolute Gasteiger partial charge is 0.469 e. The fourth-order valence-corrected chi connectivity index (χ4v) is 6.13. The maximum absolute atomic E-state index is 13.1. The average Bonchev–Trinajstić information content (AvgIpc) is 3.32. The molecule has 43 heavy (non-hydrogen) atoms. The lowest BCUT2D eigenvalue weighted by Gasteiger charge is -2.29. The van der Waals surface area contributed by atoms with E-state index in [0.29, 0.717) is 38.9 Å². The van der Waals surface area contributed by atoms with Crippen molar-refractivity contribution in [3.05, 3.63) is 24.3 Å². The van der Waals surface area contributed by atoms with Crippen molar-refractivity contribution in [1.82, 2.24) is 0 Å². The van der Waals surface area contributed by atoms with Gasteiger partial charge in [0.05, 0.1) is 13.2 Å². The van der Waals surface area contributed by atoms with Gasteiger partial charge in [0.2, 0.25) is 0 Å².